The molecule has 0 aromatic rings. The minimum absolute atomic E-state index is 0. The Kier molecular flexibility index (Phi) is 7.75. The van der Waals surface area contributed by atoms with Crippen molar-refractivity contribution in [1.29, 1.82) is 0 Å². The summed E-state index contributed by atoms with van der Waals surface area (Å²) in [6.07, 6.45) is 3.61. The zero-order chi connectivity index (χ0) is 8.91. The average Bonchev–Trinajstić information content (AvgIpc) is 2.06. The molecule has 0 aliphatic carbocycles. The Morgan fingerprint density at radius 3 is 1.42 bits per heavy atom. The SMILES string of the molecule is CCC(CC)C([O-])(CC)CC.[NH4+]. The van der Waals surface area contributed by atoms with Gasteiger partial charge in [-0.15, -0.1) is 5.60 Å². The van der Waals surface area contributed by atoms with Gasteiger partial charge < -0.3 is 11.3 Å². The first-order chi connectivity index (χ1) is 5.14. The summed E-state index contributed by atoms with van der Waals surface area (Å²) in [5.41, 5.74) is -0.649. The van der Waals surface area contributed by atoms with Crippen LogP contribution >= 0.6 is 0 Å². The highest BCUT2D eigenvalue weighted by molar-refractivity contribution is 4.80. The van der Waals surface area contributed by atoms with E-state index in [1.807, 2.05) is 13.8 Å². The maximum Gasteiger partial charge on any atom is -0.0516 e. The molecule has 0 aromatic heterocycles. The minimum Gasteiger partial charge on any atom is -0.849 e. The van der Waals surface area contributed by atoms with Crippen LogP contribution in [0.25, 0.3) is 0 Å². The highest BCUT2D eigenvalue weighted by atomic mass is 16.3. The van der Waals surface area contributed by atoms with Gasteiger partial charge in [0.25, 0.3) is 0 Å². The molecule has 0 amide bonds. The molecule has 0 saturated carbocycles. The molecule has 0 spiro atoms. The van der Waals surface area contributed by atoms with Crippen LogP contribution < -0.4 is 11.3 Å². The Bertz CT molecular complexity index is 96.0. The lowest BCUT2D eigenvalue weighted by atomic mass is 9.80. The molecule has 2 nitrogen and oxygen atoms in total. The van der Waals surface area contributed by atoms with Gasteiger partial charge in [0.2, 0.25) is 0 Å². The van der Waals surface area contributed by atoms with Crippen LogP contribution in [0.1, 0.15) is 53.4 Å². The molecule has 0 heterocycles. The monoisotopic (exact) mass is 175 g/mol. The van der Waals surface area contributed by atoms with Crippen LogP contribution in [-0.4, -0.2) is 5.60 Å². The van der Waals surface area contributed by atoms with Crippen molar-refractivity contribution < 1.29 is 5.11 Å². The van der Waals surface area contributed by atoms with Gasteiger partial charge in [-0.1, -0.05) is 59.3 Å². The average molecular weight is 175 g/mol. The lowest BCUT2D eigenvalue weighted by molar-refractivity contribution is -0.495. The Morgan fingerprint density at radius 2 is 1.33 bits per heavy atom. The van der Waals surface area contributed by atoms with Gasteiger partial charge in [0.1, 0.15) is 0 Å². The summed E-state index contributed by atoms with van der Waals surface area (Å²) in [7, 11) is 0. The third-order valence-corrected chi connectivity index (χ3v) is 2.93. The van der Waals surface area contributed by atoms with Gasteiger partial charge in [-0.2, -0.15) is 0 Å². The first kappa shape index (κ1) is 14.4. The van der Waals surface area contributed by atoms with E-state index in [9.17, 15) is 5.11 Å². The number of hydrogen-bond donors (Lipinski definition) is 1. The fourth-order valence-electron chi connectivity index (χ4n) is 1.86. The Hall–Kier alpha value is -0.0800. The van der Waals surface area contributed by atoms with Crippen LogP contribution in [0.5, 0.6) is 0 Å². The zero-order valence-electron chi connectivity index (χ0n) is 9.31. The fourth-order valence-corrected chi connectivity index (χ4v) is 1.86. The maximum absolute atomic E-state index is 12.0. The van der Waals surface area contributed by atoms with E-state index in [0.29, 0.717) is 5.92 Å². The maximum atomic E-state index is 12.0. The molecule has 0 saturated heterocycles. The molecule has 0 aliphatic heterocycles. The highest BCUT2D eigenvalue weighted by Gasteiger charge is 2.20. The Balaban J connectivity index is 0. The van der Waals surface area contributed by atoms with Gasteiger partial charge in [0.15, 0.2) is 0 Å². The van der Waals surface area contributed by atoms with Crippen LogP contribution in [0.4, 0.5) is 0 Å². The summed E-state index contributed by atoms with van der Waals surface area (Å²) in [6.45, 7) is 8.25. The van der Waals surface area contributed by atoms with Gasteiger partial charge in [0, 0.05) is 0 Å². The van der Waals surface area contributed by atoms with E-state index in [0.717, 1.165) is 25.7 Å². The molecular formula is C10H25NO. The molecule has 76 valence electrons. The van der Waals surface area contributed by atoms with Crippen LogP contribution in [0.15, 0.2) is 0 Å². The van der Waals surface area contributed by atoms with Crippen molar-refractivity contribution in [3.05, 3.63) is 0 Å². The van der Waals surface area contributed by atoms with Crippen LogP contribution in [0.2, 0.25) is 0 Å². The summed E-state index contributed by atoms with van der Waals surface area (Å²) in [5.74, 6) is 0.373. The number of hydrogen-bond acceptors (Lipinski definition) is 1. The largest absolute Gasteiger partial charge is 0.849 e. The molecule has 0 radical (unpaired) electrons. The third kappa shape index (κ3) is 3.11. The third-order valence-electron chi connectivity index (χ3n) is 2.93. The standard InChI is InChI=1S/C10H21O.H3N/c1-5-9(6-2)10(11,7-3)8-4;/h9H,5-8H2,1-4H3;1H3/q-1;/p+1. The van der Waals surface area contributed by atoms with Gasteiger partial charge in [-0.3, -0.25) is 0 Å². The van der Waals surface area contributed by atoms with E-state index in [-0.39, 0.29) is 6.15 Å². The smallest absolute Gasteiger partial charge is 0.0516 e. The second-order valence-electron chi connectivity index (χ2n) is 3.29. The van der Waals surface area contributed by atoms with E-state index < -0.39 is 5.60 Å². The van der Waals surface area contributed by atoms with Crippen molar-refractivity contribution in [2.75, 3.05) is 0 Å². The van der Waals surface area contributed by atoms with Crippen molar-refractivity contribution in [3.63, 3.8) is 0 Å². The van der Waals surface area contributed by atoms with Crippen molar-refractivity contribution in [3.8, 4) is 0 Å². The van der Waals surface area contributed by atoms with E-state index in [1.54, 1.807) is 0 Å². The molecule has 2 heteroatoms. The fraction of sp³-hybridized carbons (Fsp3) is 1.00. The van der Waals surface area contributed by atoms with Crippen LogP contribution in [-0.2, 0) is 0 Å². The number of quaternary nitrogens is 1. The highest BCUT2D eigenvalue weighted by Crippen LogP contribution is 2.27. The van der Waals surface area contributed by atoms with E-state index in [1.165, 1.54) is 0 Å². The Labute approximate surface area is 77.0 Å². The zero-order valence-corrected chi connectivity index (χ0v) is 9.31. The minimum atomic E-state index is -0.649. The lowest BCUT2D eigenvalue weighted by Crippen LogP contribution is -2.49. The quantitative estimate of drug-likeness (QED) is 0.686. The lowest BCUT2D eigenvalue weighted by Gasteiger charge is -2.46. The van der Waals surface area contributed by atoms with Crippen molar-refractivity contribution in [1.82, 2.24) is 6.15 Å². The first-order valence-electron chi connectivity index (χ1n) is 4.84. The molecular weight excluding hydrogens is 150 g/mol. The molecule has 12 heavy (non-hydrogen) atoms. The van der Waals surface area contributed by atoms with Gasteiger partial charge in [-0.25, -0.2) is 0 Å². The summed E-state index contributed by atoms with van der Waals surface area (Å²) in [5, 5.41) is 12.0. The van der Waals surface area contributed by atoms with Crippen LogP contribution in [0, 0.1) is 5.92 Å². The molecule has 4 N–H and O–H groups in total. The molecule has 0 unspecified atom stereocenters. The first-order valence-corrected chi connectivity index (χ1v) is 4.84. The van der Waals surface area contributed by atoms with E-state index in [4.69, 9.17) is 0 Å². The van der Waals surface area contributed by atoms with Crippen molar-refractivity contribution >= 4 is 0 Å². The molecule has 0 fully saturated rings. The van der Waals surface area contributed by atoms with Gasteiger partial charge in [0.05, 0.1) is 0 Å². The normalized spacial score (nSPS) is 11.5. The summed E-state index contributed by atoms with van der Waals surface area (Å²) in [4.78, 5) is 0. The topological polar surface area (TPSA) is 59.6 Å². The Morgan fingerprint density at radius 1 is 1.00 bits per heavy atom. The number of rotatable bonds is 5. The summed E-state index contributed by atoms with van der Waals surface area (Å²) >= 11 is 0. The van der Waals surface area contributed by atoms with Crippen molar-refractivity contribution in [2.45, 2.75) is 59.0 Å². The molecule has 0 aromatic carbocycles. The van der Waals surface area contributed by atoms with Gasteiger partial charge >= 0.3 is 0 Å². The van der Waals surface area contributed by atoms with Crippen molar-refractivity contribution in [2.24, 2.45) is 5.92 Å². The molecule has 0 bridgehead atoms. The van der Waals surface area contributed by atoms with E-state index in [2.05, 4.69) is 13.8 Å². The molecule has 0 atom stereocenters. The second kappa shape index (κ2) is 6.44. The van der Waals surface area contributed by atoms with Gasteiger partial charge in [-0.05, 0) is 0 Å². The van der Waals surface area contributed by atoms with Crippen LogP contribution in [0.3, 0.4) is 0 Å². The summed E-state index contributed by atoms with van der Waals surface area (Å²) in [6, 6.07) is 0. The second-order valence-corrected chi connectivity index (χ2v) is 3.29. The summed E-state index contributed by atoms with van der Waals surface area (Å²) < 4.78 is 0. The molecule has 0 aliphatic rings. The molecule has 0 rings (SSSR count). The van der Waals surface area contributed by atoms with E-state index >= 15 is 0 Å². The predicted molar refractivity (Wildman–Crippen MR) is 53.4 cm³/mol. The predicted octanol–water partition coefficient (Wildman–Crippen LogP) is 2.72.